The van der Waals surface area contributed by atoms with Gasteiger partial charge in [0.25, 0.3) is 0 Å². The van der Waals surface area contributed by atoms with Crippen LogP contribution in [0.15, 0.2) is 34.7 Å². The summed E-state index contributed by atoms with van der Waals surface area (Å²) in [7, 11) is -0.328. The number of aliphatic hydroxyl groups is 3. The fraction of sp³-hybridized carbons (Fsp3) is 0.412. The van der Waals surface area contributed by atoms with Crippen molar-refractivity contribution in [2.24, 2.45) is 4.99 Å². The molecule has 0 bridgehead atoms. The first-order valence-electron chi connectivity index (χ1n) is 7.84. The molecule has 0 amide bonds. The molecular formula is C17H25N3O3S. The van der Waals surface area contributed by atoms with Crippen molar-refractivity contribution >= 4 is 32.8 Å². The SMILES string of the molecule is C=S1C=CC(c2cc(N)ccc2N(CCO)CCO)C1=NCCO. The van der Waals surface area contributed by atoms with Crippen molar-refractivity contribution in [1.82, 2.24) is 0 Å². The molecule has 0 radical (unpaired) electrons. The van der Waals surface area contributed by atoms with Crippen molar-refractivity contribution < 1.29 is 15.3 Å². The van der Waals surface area contributed by atoms with Crippen LogP contribution < -0.4 is 10.6 Å². The van der Waals surface area contributed by atoms with E-state index in [2.05, 4.69) is 16.9 Å². The number of allylic oxidation sites excluding steroid dienone is 1. The second kappa shape index (κ2) is 8.98. The molecule has 24 heavy (non-hydrogen) atoms. The molecule has 1 aromatic rings. The van der Waals surface area contributed by atoms with Crippen molar-refractivity contribution in [3.63, 3.8) is 0 Å². The van der Waals surface area contributed by atoms with E-state index in [1.165, 1.54) is 0 Å². The summed E-state index contributed by atoms with van der Waals surface area (Å²) in [4.78, 5) is 6.43. The van der Waals surface area contributed by atoms with Crippen LogP contribution in [0.25, 0.3) is 0 Å². The van der Waals surface area contributed by atoms with E-state index >= 15 is 0 Å². The van der Waals surface area contributed by atoms with E-state index in [0.29, 0.717) is 25.3 Å². The van der Waals surface area contributed by atoms with Gasteiger partial charge in [0.2, 0.25) is 0 Å². The lowest BCUT2D eigenvalue weighted by Gasteiger charge is -2.28. The fourth-order valence-electron chi connectivity index (χ4n) is 2.77. The first kappa shape index (κ1) is 18.7. The predicted molar refractivity (Wildman–Crippen MR) is 103 cm³/mol. The maximum atomic E-state index is 9.32. The van der Waals surface area contributed by atoms with Gasteiger partial charge >= 0.3 is 0 Å². The van der Waals surface area contributed by atoms with Gasteiger partial charge in [0, 0.05) is 24.5 Å². The lowest BCUT2D eigenvalue weighted by molar-refractivity contribution is 0.281. The Kier molecular flexibility index (Phi) is 6.99. The number of nitrogens with zero attached hydrogens (tertiary/aromatic N) is 2. The molecule has 6 nitrogen and oxygen atoms in total. The summed E-state index contributed by atoms with van der Waals surface area (Å²) in [6.45, 7) is 1.19. The Morgan fingerprint density at radius 3 is 2.50 bits per heavy atom. The highest BCUT2D eigenvalue weighted by Crippen LogP contribution is 2.41. The zero-order valence-electron chi connectivity index (χ0n) is 13.6. The summed E-state index contributed by atoms with van der Waals surface area (Å²) >= 11 is 0. The van der Waals surface area contributed by atoms with E-state index in [1.54, 1.807) is 0 Å². The zero-order valence-corrected chi connectivity index (χ0v) is 14.5. The van der Waals surface area contributed by atoms with Crippen LogP contribution in [0.2, 0.25) is 0 Å². The van der Waals surface area contributed by atoms with E-state index in [-0.39, 0.29) is 36.2 Å². The molecule has 0 saturated carbocycles. The smallest absolute Gasteiger partial charge is 0.0770 e. The predicted octanol–water partition coefficient (Wildman–Crippen LogP) is 0.762. The van der Waals surface area contributed by atoms with Gasteiger partial charge in [-0.2, -0.15) is 0 Å². The molecule has 2 unspecified atom stereocenters. The molecule has 1 aromatic carbocycles. The molecule has 0 spiro atoms. The minimum Gasteiger partial charge on any atom is -0.399 e. The Labute approximate surface area is 144 Å². The Hall–Kier alpha value is -1.67. The van der Waals surface area contributed by atoms with E-state index in [1.807, 2.05) is 28.5 Å². The van der Waals surface area contributed by atoms with Crippen molar-refractivity contribution in [3.8, 4) is 0 Å². The first-order valence-corrected chi connectivity index (χ1v) is 9.30. The van der Waals surface area contributed by atoms with Crippen LogP contribution >= 0.6 is 10.5 Å². The molecule has 2 rings (SSSR count). The molecule has 5 N–H and O–H groups in total. The van der Waals surface area contributed by atoms with Crippen LogP contribution in [0.1, 0.15) is 11.5 Å². The average molecular weight is 351 g/mol. The fourth-order valence-corrected chi connectivity index (χ4v) is 4.05. The molecule has 0 aliphatic carbocycles. The average Bonchev–Trinajstić information content (AvgIpc) is 2.93. The van der Waals surface area contributed by atoms with Crippen LogP contribution in [0.3, 0.4) is 0 Å². The maximum Gasteiger partial charge on any atom is 0.0770 e. The highest BCUT2D eigenvalue weighted by molar-refractivity contribution is 8.29. The maximum absolute atomic E-state index is 9.32. The molecule has 132 valence electrons. The zero-order chi connectivity index (χ0) is 17.5. The molecule has 0 saturated heterocycles. The van der Waals surface area contributed by atoms with Crippen LogP contribution in [0.4, 0.5) is 11.4 Å². The lowest BCUT2D eigenvalue weighted by atomic mass is 9.96. The number of nitrogens with two attached hydrogens (primary N) is 1. The number of rotatable bonds is 8. The monoisotopic (exact) mass is 351 g/mol. The number of benzene rings is 1. The third-order valence-electron chi connectivity index (χ3n) is 3.80. The molecule has 0 fully saturated rings. The standard InChI is InChI=1S/C17H25N3O3S/c1-24-11-4-14(17(24)19-5-8-21)15-12-13(18)2-3-16(15)20(6-9-22)7-10-23/h2-4,11-12,14,21-23H,1,5-10,18H2. The Balaban J connectivity index is 2.46. The normalized spacial score (nSPS) is 21.5. The quantitative estimate of drug-likeness (QED) is 0.409. The van der Waals surface area contributed by atoms with Gasteiger partial charge in [-0.15, -0.1) is 10.5 Å². The van der Waals surface area contributed by atoms with Gasteiger partial charge in [0.1, 0.15) is 0 Å². The van der Waals surface area contributed by atoms with E-state index in [0.717, 1.165) is 16.3 Å². The molecule has 7 heteroatoms. The Morgan fingerprint density at radius 1 is 1.17 bits per heavy atom. The highest BCUT2D eigenvalue weighted by Gasteiger charge is 2.26. The van der Waals surface area contributed by atoms with E-state index in [4.69, 9.17) is 10.8 Å². The van der Waals surface area contributed by atoms with Crippen molar-refractivity contribution in [1.29, 1.82) is 0 Å². The highest BCUT2D eigenvalue weighted by atomic mass is 32.2. The first-order chi connectivity index (χ1) is 11.6. The van der Waals surface area contributed by atoms with Crippen molar-refractivity contribution in [3.05, 3.63) is 35.2 Å². The third-order valence-corrected chi connectivity index (χ3v) is 5.21. The number of aliphatic hydroxyl groups excluding tert-OH is 3. The van der Waals surface area contributed by atoms with E-state index < -0.39 is 0 Å². The number of aliphatic imine (C=N–C) groups is 1. The molecular weight excluding hydrogens is 326 g/mol. The number of anilines is 2. The second-order valence-electron chi connectivity index (χ2n) is 5.43. The van der Waals surface area contributed by atoms with Gasteiger partial charge in [-0.25, -0.2) is 0 Å². The summed E-state index contributed by atoms with van der Waals surface area (Å²) in [6.07, 6.45) is 2.06. The summed E-state index contributed by atoms with van der Waals surface area (Å²) in [5.74, 6) is 4.06. The van der Waals surface area contributed by atoms with Crippen molar-refractivity contribution in [2.75, 3.05) is 50.1 Å². The van der Waals surface area contributed by atoms with Crippen LogP contribution in [0, 0.1) is 0 Å². The summed E-state index contributed by atoms with van der Waals surface area (Å²) in [6, 6.07) is 5.63. The van der Waals surface area contributed by atoms with Gasteiger partial charge in [0.05, 0.1) is 37.3 Å². The van der Waals surface area contributed by atoms with Crippen LogP contribution in [0.5, 0.6) is 0 Å². The molecule has 1 aliphatic rings. The van der Waals surface area contributed by atoms with Crippen LogP contribution in [-0.4, -0.2) is 65.7 Å². The summed E-state index contributed by atoms with van der Waals surface area (Å²) in [5.41, 5.74) is 8.52. The topological polar surface area (TPSA) is 102 Å². The molecule has 2 atom stereocenters. The number of hydrogen-bond acceptors (Lipinski definition) is 6. The molecule has 1 aliphatic heterocycles. The molecule has 0 aromatic heterocycles. The van der Waals surface area contributed by atoms with Gasteiger partial charge in [-0.1, -0.05) is 11.9 Å². The third kappa shape index (κ3) is 4.24. The van der Waals surface area contributed by atoms with Crippen molar-refractivity contribution in [2.45, 2.75) is 5.92 Å². The molecule has 1 heterocycles. The van der Waals surface area contributed by atoms with Gasteiger partial charge in [-0.3, -0.25) is 4.99 Å². The largest absolute Gasteiger partial charge is 0.399 e. The minimum absolute atomic E-state index is 0.00163. The summed E-state index contributed by atoms with van der Waals surface area (Å²) < 4.78 is 0. The number of nitrogen functional groups attached to an aromatic ring is 1. The van der Waals surface area contributed by atoms with E-state index in [9.17, 15) is 10.2 Å². The van der Waals surface area contributed by atoms with Gasteiger partial charge in [0.15, 0.2) is 0 Å². The Bertz CT molecular complexity index is 640. The lowest BCUT2D eigenvalue weighted by Crippen LogP contribution is -2.31. The van der Waals surface area contributed by atoms with Crippen LogP contribution in [-0.2, 0) is 0 Å². The van der Waals surface area contributed by atoms with Gasteiger partial charge in [-0.05, 0) is 29.2 Å². The minimum atomic E-state index is -0.328. The summed E-state index contributed by atoms with van der Waals surface area (Å²) in [5, 5.41) is 30.7. The Morgan fingerprint density at radius 2 is 1.88 bits per heavy atom. The van der Waals surface area contributed by atoms with Gasteiger partial charge < -0.3 is 26.0 Å². The number of hydrogen-bond donors (Lipinski definition) is 4. The second-order valence-corrected chi connectivity index (χ2v) is 6.98.